The van der Waals surface area contributed by atoms with Crippen molar-refractivity contribution in [2.75, 3.05) is 6.16 Å². The molecular weight excluding hydrogens is 197 g/mol. The van der Waals surface area contributed by atoms with E-state index < -0.39 is 11.5 Å². The Labute approximate surface area is 63.4 Å². The Balaban J connectivity index is 2.95. The maximum absolute atomic E-state index is 5.33. The molecule has 0 aromatic rings. The van der Waals surface area contributed by atoms with Gasteiger partial charge in [0.15, 0.2) is 0 Å². The van der Waals surface area contributed by atoms with Gasteiger partial charge < -0.3 is 0 Å². The summed E-state index contributed by atoms with van der Waals surface area (Å²) in [4.78, 5) is -0.416. The minimum absolute atomic E-state index is 0.416. The molecule has 0 nitrogen and oxygen atoms in total. The van der Waals surface area contributed by atoms with Crippen LogP contribution in [0.15, 0.2) is 0 Å². The van der Waals surface area contributed by atoms with E-state index in [1.807, 2.05) is 0 Å². The molecule has 0 unspecified atom stereocenters. The molecule has 0 atom stereocenters. The Morgan fingerprint density at radius 3 is 1.71 bits per heavy atom. The molecule has 0 spiro atoms. The van der Waals surface area contributed by atoms with Crippen LogP contribution >= 0.6 is 52.3 Å². The lowest BCUT2D eigenvalue weighted by Crippen LogP contribution is -1.86. The van der Waals surface area contributed by atoms with E-state index in [9.17, 15) is 0 Å². The molecule has 0 heterocycles. The molecule has 0 amide bonds. The molecule has 0 aliphatic heterocycles. The van der Waals surface area contributed by atoms with Crippen LogP contribution in [0.3, 0.4) is 0 Å². The smallest absolute Gasteiger partial charge is 0.105 e. The van der Waals surface area contributed by atoms with Crippen LogP contribution in [0.4, 0.5) is 0 Å². The van der Waals surface area contributed by atoms with Gasteiger partial charge in [0.2, 0.25) is 0 Å². The maximum Gasteiger partial charge on any atom is 0.113 e. The minimum Gasteiger partial charge on any atom is -0.105 e. The first-order valence-corrected chi connectivity index (χ1v) is 5.71. The molecule has 44 valence electrons. The zero-order chi connectivity index (χ0) is 5.86. The molecule has 0 fully saturated rings. The number of rotatable bonds is 2. The van der Waals surface area contributed by atoms with Crippen molar-refractivity contribution >= 4 is 52.3 Å². The standard InChI is InChI=1S/C2H3Cl4P/c3-2(4)1-7(5)6/h2H,1H2. The van der Waals surface area contributed by atoms with Gasteiger partial charge in [0.05, 0.1) is 6.63 Å². The first-order valence-electron chi connectivity index (χ1n) is 1.50. The summed E-state index contributed by atoms with van der Waals surface area (Å²) in [6.45, 7) is -0.959. The number of halogens is 4. The van der Waals surface area contributed by atoms with Crippen molar-refractivity contribution < 1.29 is 0 Å². The maximum atomic E-state index is 5.33. The normalized spacial score (nSPS) is 11.1. The van der Waals surface area contributed by atoms with Crippen LogP contribution in [0.25, 0.3) is 0 Å². The van der Waals surface area contributed by atoms with Crippen LogP contribution in [0.2, 0.25) is 0 Å². The molecular formula is C2H3Cl4P. The Bertz CT molecular complexity index is 39.0. The lowest BCUT2D eigenvalue weighted by atomic mass is 10.9. The van der Waals surface area contributed by atoms with E-state index in [-0.39, 0.29) is 0 Å². The second-order valence-electron chi connectivity index (χ2n) is 0.877. The monoisotopic (exact) mass is 198 g/mol. The van der Waals surface area contributed by atoms with E-state index in [1.54, 1.807) is 0 Å². The first-order chi connectivity index (χ1) is 3.13. The Morgan fingerprint density at radius 1 is 1.29 bits per heavy atom. The molecule has 0 bridgehead atoms. The second kappa shape index (κ2) is 4.47. The highest BCUT2D eigenvalue weighted by Crippen LogP contribution is 2.48. The number of hydrogen-bond donors (Lipinski definition) is 0. The third-order valence-electron chi connectivity index (χ3n) is 0.276. The quantitative estimate of drug-likeness (QED) is 0.471. The molecule has 0 rings (SSSR count). The Morgan fingerprint density at radius 2 is 1.71 bits per heavy atom. The van der Waals surface area contributed by atoms with Gasteiger partial charge in [-0.3, -0.25) is 0 Å². The summed E-state index contributed by atoms with van der Waals surface area (Å²) in [5.74, 6) is 0. The van der Waals surface area contributed by atoms with Gasteiger partial charge in [-0.05, 0) is 0 Å². The van der Waals surface area contributed by atoms with Gasteiger partial charge in [0.1, 0.15) is 4.84 Å². The lowest BCUT2D eigenvalue weighted by Gasteiger charge is -1.97. The zero-order valence-electron chi connectivity index (χ0n) is 3.24. The molecule has 0 aliphatic carbocycles. The minimum atomic E-state index is -0.959. The SMILES string of the molecule is ClC(Cl)CP(Cl)Cl. The first kappa shape index (κ1) is 8.59. The third-order valence-corrected chi connectivity index (χ3v) is 2.48. The van der Waals surface area contributed by atoms with E-state index in [0.717, 1.165) is 0 Å². The van der Waals surface area contributed by atoms with E-state index >= 15 is 0 Å². The highest BCUT2D eigenvalue weighted by molar-refractivity contribution is 8.04. The van der Waals surface area contributed by atoms with Crippen molar-refractivity contribution in [3.05, 3.63) is 0 Å². The van der Waals surface area contributed by atoms with E-state index in [2.05, 4.69) is 0 Å². The molecule has 5 heteroatoms. The zero-order valence-corrected chi connectivity index (χ0v) is 7.16. The predicted octanol–water partition coefficient (Wildman–Crippen LogP) is 3.58. The van der Waals surface area contributed by atoms with E-state index in [0.29, 0.717) is 6.16 Å². The molecule has 0 aromatic carbocycles. The highest BCUT2D eigenvalue weighted by atomic mass is 35.9. The fourth-order valence-corrected chi connectivity index (χ4v) is 2.82. The second-order valence-corrected chi connectivity index (χ2v) is 6.09. The summed E-state index contributed by atoms with van der Waals surface area (Å²) in [6, 6.07) is 0. The van der Waals surface area contributed by atoms with Crippen molar-refractivity contribution in [2.24, 2.45) is 0 Å². The number of alkyl halides is 2. The van der Waals surface area contributed by atoms with Gasteiger partial charge >= 0.3 is 0 Å². The Kier molecular flexibility index (Phi) is 5.48. The van der Waals surface area contributed by atoms with Gasteiger partial charge in [0.25, 0.3) is 0 Å². The highest BCUT2D eigenvalue weighted by Gasteiger charge is 2.04. The van der Waals surface area contributed by atoms with Crippen LogP contribution < -0.4 is 0 Å². The molecule has 0 radical (unpaired) electrons. The number of hydrogen-bond acceptors (Lipinski definition) is 0. The van der Waals surface area contributed by atoms with Crippen LogP contribution in [-0.2, 0) is 0 Å². The average molecular weight is 200 g/mol. The van der Waals surface area contributed by atoms with Crippen LogP contribution in [0.5, 0.6) is 0 Å². The fraction of sp³-hybridized carbons (Fsp3) is 1.00. The van der Waals surface area contributed by atoms with Crippen LogP contribution in [0, 0.1) is 0 Å². The average Bonchev–Trinajstić information content (AvgIpc) is 1.27. The van der Waals surface area contributed by atoms with E-state index in [1.165, 1.54) is 0 Å². The molecule has 0 N–H and O–H groups in total. The summed E-state index contributed by atoms with van der Waals surface area (Å²) < 4.78 is 0. The third kappa shape index (κ3) is 7.59. The van der Waals surface area contributed by atoms with Gasteiger partial charge in [-0.25, -0.2) is 0 Å². The van der Waals surface area contributed by atoms with Gasteiger partial charge in [-0.2, -0.15) is 0 Å². The summed E-state index contributed by atoms with van der Waals surface area (Å²) in [5.41, 5.74) is 0. The molecule has 0 saturated heterocycles. The summed E-state index contributed by atoms with van der Waals surface area (Å²) in [7, 11) is 0. The molecule has 0 saturated carbocycles. The predicted molar refractivity (Wildman–Crippen MR) is 39.0 cm³/mol. The molecule has 0 aromatic heterocycles. The molecule has 7 heavy (non-hydrogen) atoms. The summed E-state index contributed by atoms with van der Waals surface area (Å²) in [6.07, 6.45) is 0.488. The molecule has 0 aliphatic rings. The van der Waals surface area contributed by atoms with Gasteiger partial charge in [-0.15, -0.1) is 23.2 Å². The van der Waals surface area contributed by atoms with Crippen molar-refractivity contribution in [2.45, 2.75) is 4.84 Å². The van der Waals surface area contributed by atoms with Crippen molar-refractivity contribution in [3.63, 3.8) is 0 Å². The van der Waals surface area contributed by atoms with Crippen LogP contribution in [-0.4, -0.2) is 11.0 Å². The largest absolute Gasteiger partial charge is 0.113 e. The van der Waals surface area contributed by atoms with Crippen molar-refractivity contribution in [1.29, 1.82) is 0 Å². The van der Waals surface area contributed by atoms with Crippen LogP contribution in [0.1, 0.15) is 0 Å². The lowest BCUT2D eigenvalue weighted by molar-refractivity contribution is 1.41. The summed E-state index contributed by atoms with van der Waals surface area (Å²) >= 11 is 21.2. The van der Waals surface area contributed by atoms with Crippen molar-refractivity contribution in [3.8, 4) is 0 Å². The van der Waals surface area contributed by atoms with Gasteiger partial charge in [-0.1, -0.05) is 22.5 Å². The van der Waals surface area contributed by atoms with Gasteiger partial charge in [0, 0.05) is 6.16 Å². The topological polar surface area (TPSA) is 0 Å². The fourth-order valence-electron chi connectivity index (χ4n) is 0.104. The van der Waals surface area contributed by atoms with E-state index in [4.69, 9.17) is 45.7 Å². The van der Waals surface area contributed by atoms with Crippen molar-refractivity contribution in [1.82, 2.24) is 0 Å². The summed E-state index contributed by atoms with van der Waals surface area (Å²) in [5, 5.41) is 0. The Hall–Kier alpha value is 1.59.